The van der Waals surface area contributed by atoms with E-state index in [1.165, 1.54) is 31.2 Å². The summed E-state index contributed by atoms with van der Waals surface area (Å²) >= 11 is 0. The van der Waals surface area contributed by atoms with Crippen molar-refractivity contribution in [3.05, 3.63) is 30.1 Å². The molecule has 2 fully saturated rings. The van der Waals surface area contributed by atoms with Gasteiger partial charge < -0.3 is 5.73 Å². The Bertz CT molecular complexity index is 319. The average molecular weight is 174 g/mol. The standard InChI is InChI=1S/C11H14N2/c12-11(7-10(8-11)3-4-10)9-1-5-13-6-2-9/h1-2,5-6H,3-4,7-8,12H2. The van der Waals surface area contributed by atoms with E-state index in [4.69, 9.17) is 5.73 Å². The van der Waals surface area contributed by atoms with Crippen molar-refractivity contribution in [3.63, 3.8) is 0 Å². The maximum atomic E-state index is 6.31. The number of nitrogens with zero attached hydrogens (tertiary/aromatic N) is 1. The number of nitrogens with two attached hydrogens (primary N) is 1. The van der Waals surface area contributed by atoms with Crippen LogP contribution in [0.3, 0.4) is 0 Å². The van der Waals surface area contributed by atoms with Crippen molar-refractivity contribution in [2.45, 2.75) is 31.2 Å². The second-order valence-corrected chi connectivity index (χ2v) is 4.75. The fourth-order valence-corrected chi connectivity index (χ4v) is 2.70. The summed E-state index contributed by atoms with van der Waals surface area (Å²) in [4.78, 5) is 4.01. The van der Waals surface area contributed by atoms with Crippen molar-refractivity contribution in [2.24, 2.45) is 11.1 Å². The van der Waals surface area contributed by atoms with E-state index in [9.17, 15) is 0 Å². The van der Waals surface area contributed by atoms with Crippen molar-refractivity contribution in [3.8, 4) is 0 Å². The van der Waals surface area contributed by atoms with Gasteiger partial charge in [-0.05, 0) is 48.8 Å². The highest BCUT2D eigenvalue weighted by Gasteiger charge is 2.59. The molecule has 2 nitrogen and oxygen atoms in total. The van der Waals surface area contributed by atoms with Gasteiger partial charge in [-0.3, -0.25) is 4.98 Å². The number of hydrogen-bond acceptors (Lipinski definition) is 2. The van der Waals surface area contributed by atoms with Gasteiger partial charge >= 0.3 is 0 Å². The quantitative estimate of drug-likeness (QED) is 0.705. The smallest absolute Gasteiger partial charge is 0.0421 e. The largest absolute Gasteiger partial charge is 0.321 e. The molecular formula is C11H14N2. The molecule has 13 heavy (non-hydrogen) atoms. The van der Waals surface area contributed by atoms with Crippen LogP contribution in [-0.2, 0) is 5.54 Å². The second kappa shape index (κ2) is 2.13. The lowest BCUT2D eigenvalue weighted by atomic mass is 9.63. The molecule has 0 aromatic carbocycles. The molecular weight excluding hydrogens is 160 g/mol. The van der Waals surface area contributed by atoms with Gasteiger partial charge in [0.05, 0.1) is 0 Å². The van der Waals surface area contributed by atoms with Gasteiger partial charge in [-0.15, -0.1) is 0 Å². The van der Waals surface area contributed by atoms with E-state index in [1.807, 2.05) is 12.4 Å². The first kappa shape index (κ1) is 7.51. The predicted octanol–water partition coefficient (Wildman–Crippen LogP) is 1.81. The molecule has 2 aliphatic rings. The molecule has 0 bridgehead atoms. The molecule has 68 valence electrons. The van der Waals surface area contributed by atoms with Crippen LogP contribution in [0.5, 0.6) is 0 Å². The topological polar surface area (TPSA) is 38.9 Å². The van der Waals surface area contributed by atoms with E-state index >= 15 is 0 Å². The minimum atomic E-state index is -0.0283. The van der Waals surface area contributed by atoms with Crippen molar-refractivity contribution < 1.29 is 0 Å². The summed E-state index contributed by atoms with van der Waals surface area (Å²) in [6.07, 6.45) is 8.84. The molecule has 1 aromatic heterocycles. The van der Waals surface area contributed by atoms with Crippen molar-refractivity contribution in [1.29, 1.82) is 0 Å². The maximum absolute atomic E-state index is 6.31. The van der Waals surface area contributed by atoms with E-state index in [1.54, 1.807) is 0 Å². The predicted molar refractivity (Wildman–Crippen MR) is 51.0 cm³/mol. The highest BCUT2D eigenvalue weighted by Crippen LogP contribution is 2.66. The lowest BCUT2D eigenvalue weighted by molar-refractivity contribution is 0.125. The zero-order chi connectivity index (χ0) is 8.94. The molecule has 1 aromatic rings. The van der Waals surface area contributed by atoms with E-state index < -0.39 is 0 Å². The normalized spacial score (nSPS) is 26.8. The summed E-state index contributed by atoms with van der Waals surface area (Å²) in [5.74, 6) is 0. The summed E-state index contributed by atoms with van der Waals surface area (Å²) in [6.45, 7) is 0. The summed E-state index contributed by atoms with van der Waals surface area (Å²) in [7, 11) is 0. The third kappa shape index (κ3) is 1.02. The Morgan fingerprint density at radius 3 is 2.31 bits per heavy atom. The van der Waals surface area contributed by atoms with Gasteiger partial charge in [-0.2, -0.15) is 0 Å². The highest BCUT2D eigenvalue weighted by atomic mass is 14.8. The number of rotatable bonds is 1. The molecule has 0 radical (unpaired) electrons. The van der Waals surface area contributed by atoms with Crippen LogP contribution in [0.25, 0.3) is 0 Å². The van der Waals surface area contributed by atoms with Crippen LogP contribution in [-0.4, -0.2) is 4.98 Å². The summed E-state index contributed by atoms with van der Waals surface area (Å²) < 4.78 is 0. The van der Waals surface area contributed by atoms with Gasteiger partial charge in [-0.25, -0.2) is 0 Å². The van der Waals surface area contributed by atoms with Crippen LogP contribution in [0.4, 0.5) is 0 Å². The molecule has 0 unspecified atom stereocenters. The molecule has 0 saturated heterocycles. The Labute approximate surface area is 78.2 Å². The van der Waals surface area contributed by atoms with E-state index in [2.05, 4.69) is 17.1 Å². The van der Waals surface area contributed by atoms with Crippen molar-refractivity contribution >= 4 is 0 Å². The molecule has 1 heterocycles. The molecule has 2 aliphatic carbocycles. The first-order valence-corrected chi connectivity index (χ1v) is 4.92. The molecule has 3 rings (SSSR count). The highest BCUT2D eigenvalue weighted by molar-refractivity contribution is 5.29. The molecule has 0 aliphatic heterocycles. The van der Waals surface area contributed by atoms with Crippen molar-refractivity contribution in [2.75, 3.05) is 0 Å². The Hall–Kier alpha value is -0.890. The summed E-state index contributed by atoms with van der Waals surface area (Å²) in [5, 5.41) is 0. The van der Waals surface area contributed by atoms with Crippen molar-refractivity contribution in [1.82, 2.24) is 4.98 Å². The third-order valence-corrected chi connectivity index (χ3v) is 3.59. The lowest BCUT2D eigenvalue weighted by Crippen LogP contribution is -2.50. The maximum Gasteiger partial charge on any atom is 0.0421 e. The fourth-order valence-electron chi connectivity index (χ4n) is 2.70. The third-order valence-electron chi connectivity index (χ3n) is 3.59. The van der Waals surface area contributed by atoms with Gasteiger partial charge in [0.2, 0.25) is 0 Å². The number of hydrogen-bond donors (Lipinski definition) is 1. The molecule has 0 atom stereocenters. The van der Waals surface area contributed by atoms with Crippen LogP contribution < -0.4 is 5.73 Å². The van der Waals surface area contributed by atoms with Gasteiger partial charge in [0.25, 0.3) is 0 Å². The monoisotopic (exact) mass is 174 g/mol. The van der Waals surface area contributed by atoms with E-state index in [0.29, 0.717) is 5.41 Å². The minimum absolute atomic E-state index is 0.0283. The zero-order valence-electron chi connectivity index (χ0n) is 7.66. The van der Waals surface area contributed by atoms with Crippen LogP contribution >= 0.6 is 0 Å². The Morgan fingerprint density at radius 2 is 1.77 bits per heavy atom. The van der Waals surface area contributed by atoms with Crippen LogP contribution in [0.2, 0.25) is 0 Å². The SMILES string of the molecule is NC1(c2ccncc2)CC2(CC2)C1. The summed E-state index contributed by atoms with van der Waals surface area (Å²) in [6, 6.07) is 4.10. The van der Waals surface area contributed by atoms with Gasteiger partial charge in [-0.1, -0.05) is 0 Å². The van der Waals surface area contributed by atoms with Crippen LogP contribution in [0, 0.1) is 5.41 Å². The molecule has 0 amide bonds. The van der Waals surface area contributed by atoms with E-state index in [0.717, 1.165) is 0 Å². The molecule has 1 spiro atoms. The minimum Gasteiger partial charge on any atom is -0.321 e. The van der Waals surface area contributed by atoms with Crippen LogP contribution in [0.15, 0.2) is 24.5 Å². The van der Waals surface area contributed by atoms with Gasteiger partial charge in [0, 0.05) is 17.9 Å². The first-order valence-electron chi connectivity index (χ1n) is 4.92. The van der Waals surface area contributed by atoms with Gasteiger partial charge in [0.1, 0.15) is 0 Å². The summed E-state index contributed by atoms with van der Waals surface area (Å²) in [5.41, 5.74) is 8.21. The Morgan fingerprint density at radius 1 is 1.15 bits per heavy atom. The zero-order valence-corrected chi connectivity index (χ0v) is 7.66. The lowest BCUT2D eigenvalue weighted by Gasteiger charge is -2.46. The fraction of sp³-hybridized carbons (Fsp3) is 0.545. The second-order valence-electron chi connectivity index (χ2n) is 4.75. The first-order chi connectivity index (χ1) is 6.23. The van der Waals surface area contributed by atoms with Crippen LogP contribution in [0.1, 0.15) is 31.2 Å². The number of pyridine rings is 1. The van der Waals surface area contributed by atoms with E-state index in [-0.39, 0.29) is 5.54 Å². The van der Waals surface area contributed by atoms with Gasteiger partial charge in [0.15, 0.2) is 0 Å². The number of aromatic nitrogens is 1. The Kier molecular flexibility index (Phi) is 1.23. The molecule has 2 N–H and O–H groups in total. The average Bonchev–Trinajstić information content (AvgIpc) is 2.85. The molecule has 2 saturated carbocycles. The Balaban J connectivity index is 1.86. The molecule has 2 heteroatoms.